The fourth-order valence-electron chi connectivity index (χ4n) is 1.79. The Morgan fingerprint density at radius 2 is 2.00 bits per heavy atom. The highest BCUT2D eigenvalue weighted by Gasteiger charge is 2.22. The van der Waals surface area contributed by atoms with Gasteiger partial charge in [-0.25, -0.2) is 4.79 Å². The van der Waals surface area contributed by atoms with E-state index in [0.717, 1.165) is 0 Å². The van der Waals surface area contributed by atoms with Crippen molar-refractivity contribution in [3.05, 3.63) is 24.3 Å². The predicted molar refractivity (Wildman–Crippen MR) is 80.0 cm³/mol. The molecule has 0 saturated carbocycles. The molecule has 0 aliphatic heterocycles. The van der Waals surface area contributed by atoms with Crippen molar-refractivity contribution in [2.24, 2.45) is 5.92 Å². The van der Waals surface area contributed by atoms with Gasteiger partial charge in [-0.1, -0.05) is 26.0 Å². The average molecular weight is 294 g/mol. The molecule has 0 spiro atoms. The number of amides is 1. The number of hydrogen-bond donors (Lipinski definition) is 3. The molecule has 0 aliphatic rings. The smallest absolute Gasteiger partial charge is 0.326 e. The maximum atomic E-state index is 11.7. The van der Waals surface area contributed by atoms with Crippen LogP contribution in [0, 0.1) is 5.92 Å². The molecule has 1 amide bonds. The molecule has 1 aromatic carbocycles. The van der Waals surface area contributed by atoms with Gasteiger partial charge in [0.25, 0.3) is 0 Å². The third-order valence-corrected chi connectivity index (χ3v) is 2.97. The van der Waals surface area contributed by atoms with Crippen molar-refractivity contribution in [1.29, 1.82) is 0 Å². The van der Waals surface area contributed by atoms with E-state index in [2.05, 4.69) is 5.32 Å². The molecule has 1 unspecified atom stereocenters. The molecule has 0 radical (unpaired) electrons. The minimum Gasteiger partial charge on any atom is -0.491 e. The van der Waals surface area contributed by atoms with Crippen LogP contribution in [0.15, 0.2) is 24.3 Å². The quantitative estimate of drug-likeness (QED) is 0.500. The summed E-state index contributed by atoms with van der Waals surface area (Å²) < 4.78 is 5.47. The second-order valence-corrected chi connectivity index (χ2v) is 5.12. The number of anilines is 1. The predicted octanol–water partition coefficient (Wildman–Crippen LogP) is 1.65. The van der Waals surface area contributed by atoms with Gasteiger partial charge < -0.3 is 20.9 Å². The molecule has 0 fully saturated rings. The first-order valence-electron chi connectivity index (χ1n) is 6.91. The van der Waals surface area contributed by atoms with Gasteiger partial charge in [-0.3, -0.25) is 4.79 Å². The molecule has 0 aliphatic carbocycles. The highest BCUT2D eigenvalue weighted by atomic mass is 16.5. The number of rotatable bonds is 8. The van der Waals surface area contributed by atoms with E-state index in [4.69, 9.17) is 15.6 Å². The number of nitrogen functional groups attached to an aromatic ring is 1. The zero-order chi connectivity index (χ0) is 15.8. The van der Waals surface area contributed by atoms with E-state index >= 15 is 0 Å². The van der Waals surface area contributed by atoms with E-state index in [1.54, 1.807) is 26.0 Å². The number of carbonyl (C=O) groups is 2. The van der Waals surface area contributed by atoms with Gasteiger partial charge in [0.15, 0.2) is 0 Å². The van der Waals surface area contributed by atoms with Crippen LogP contribution >= 0.6 is 0 Å². The summed E-state index contributed by atoms with van der Waals surface area (Å²) in [5.74, 6) is -0.886. The summed E-state index contributed by atoms with van der Waals surface area (Å²) in [5.41, 5.74) is 6.27. The highest BCUT2D eigenvalue weighted by molar-refractivity contribution is 5.83. The van der Waals surface area contributed by atoms with Crippen LogP contribution in [0.2, 0.25) is 0 Å². The summed E-state index contributed by atoms with van der Waals surface area (Å²) in [7, 11) is 0. The van der Waals surface area contributed by atoms with Gasteiger partial charge in [-0.15, -0.1) is 0 Å². The Morgan fingerprint density at radius 3 is 2.57 bits per heavy atom. The number of benzene rings is 1. The third-order valence-electron chi connectivity index (χ3n) is 2.97. The Balaban J connectivity index is 2.31. The SMILES string of the molecule is CC(C)C(NC(=O)CCCOc1ccccc1N)C(=O)O. The topological polar surface area (TPSA) is 102 Å². The summed E-state index contributed by atoms with van der Waals surface area (Å²) in [4.78, 5) is 22.7. The molecule has 1 aromatic rings. The van der Waals surface area contributed by atoms with Gasteiger partial charge in [0.2, 0.25) is 5.91 Å². The third kappa shape index (κ3) is 5.72. The van der Waals surface area contributed by atoms with E-state index in [0.29, 0.717) is 24.5 Å². The Bertz CT molecular complexity index is 488. The van der Waals surface area contributed by atoms with Crippen LogP contribution < -0.4 is 15.8 Å². The molecule has 116 valence electrons. The number of nitrogens with two attached hydrogens (primary N) is 1. The van der Waals surface area contributed by atoms with Crippen LogP contribution in [0.3, 0.4) is 0 Å². The lowest BCUT2D eigenvalue weighted by atomic mass is 10.0. The molecular formula is C15H22N2O4. The lowest BCUT2D eigenvalue weighted by molar-refractivity contribution is -0.143. The van der Waals surface area contributed by atoms with Crippen molar-refractivity contribution in [3.63, 3.8) is 0 Å². The molecule has 0 bridgehead atoms. The van der Waals surface area contributed by atoms with Gasteiger partial charge >= 0.3 is 5.97 Å². The number of carbonyl (C=O) groups excluding carboxylic acids is 1. The molecule has 1 atom stereocenters. The maximum Gasteiger partial charge on any atom is 0.326 e. The number of aliphatic carboxylic acids is 1. The summed E-state index contributed by atoms with van der Waals surface area (Å²) in [6.07, 6.45) is 0.702. The fourth-order valence-corrected chi connectivity index (χ4v) is 1.79. The van der Waals surface area contributed by atoms with Gasteiger partial charge in [-0.05, 0) is 24.5 Å². The van der Waals surface area contributed by atoms with Crippen LogP contribution in [0.25, 0.3) is 0 Å². The zero-order valence-corrected chi connectivity index (χ0v) is 12.3. The number of hydrogen-bond acceptors (Lipinski definition) is 4. The van der Waals surface area contributed by atoms with Crippen molar-refractivity contribution in [2.45, 2.75) is 32.7 Å². The molecule has 0 saturated heterocycles. The number of carboxylic acids is 1. The minimum atomic E-state index is -1.02. The van der Waals surface area contributed by atoms with E-state index in [-0.39, 0.29) is 18.2 Å². The molecule has 6 nitrogen and oxygen atoms in total. The lowest BCUT2D eigenvalue weighted by Crippen LogP contribution is -2.44. The molecule has 0 heterocycles. The molecule has 0 aromatic heterocycles. The van der Waals surface area contributed by atoms with Gasteiger partial charge in [0, 0.05) is 6.42 Å². The number of ether oxygens (including phenoxy) is 1. The van der Waals surface area contributed by atoms with E-state index in [1.165, 1.54) is 0 Å². The fraction of sp³-hybridized carbons (Fsp3) is 0.467. The normalized spacial score (nSPS) is 12.0. The van der Waals surface area contributed by atoms with Crippen LogP contribution in [0.1, 0.15) is 26.7 Å². The summed E-state index contributed by atoms with van der Waals surface area (Å²) >= 11 is 0. The van der Waals surface area contributed by atoms with Crippen LogP contribution in [0.5, 0.6) is 5.75 Å². The van der Waals surface area contributed by atoms with Crippen molar-refractivity contribution in [1.82, 2.24) is 5.32 Å². The highest BCUT2D eigenvalue weighted by Crippen LogP contribution is 2.19. The summed E-state index contributed by atoms with van der Waals surface area (Å²) in [5, 5.41) is 11.5. The second-order valence-electron chi connectivity index (χ2n) is 5.12. The minimum absolute atomic E-state index is 0.160. The first kappa shape index (κ1) is 16.8. The molecular weight excluding hydrogens is 272 g/mol. The average Bonchev–Trinajstić information content (AvgIpc) is 2.42. The largest absolute Gasteiger partial charge is 0.491 e. The Kier molecular flexibility index (Phi) is 6.52. The first-order chi connectivity index (χ1) is 9.91. The lowest BCUT2D eigenvalue weighted by Gasteiger charge is -2.17. The number of carboxylic acid groups (broad SMARTS) is 1. The first-order valence-corrected chi connectivity index (χ1v) is 6.91. The van der Waals surface area contributed by atoms with Gasteiger partial charge in [0.05, 0.1) is 12.3 Å². The van der Waals surface area contributed by atoms with E-state index in [9.17, 15) is 9.59 Å². The zero-order valence-electron chi connectivity index (χ0n) is 12.3. The number of para-hydroxylation sites is 2. The van der Waals surface area contributed by atoms with E-state index in [1.807, 2.05) is 12.1 Å². The Morgan fingerprint density at radius 1 is 1.33 bits per heavy atom. The van der Waals surface area contributed by atoms with Gasteiger partial charge in [0.1, 0.15) is 11.8 Å². The monoisotopic (exact) mass is 294 g/mol. The van der Waals surface area contributed by atoms with Crippen LogP contribution in [0.4, 0.5) is 5.69 Å². The van der Waals surface area contributed by atoms with Crippen molar-refractivity contribution < 1.29 is 19.4 Å². The summed E-state index contributed by atoms with van der Waals surface area (Å²) in [6.45, 7) is 3.85. The van der Waals surface area contributed by atoms with Crippen LogP contribution in [-0.2, 0) is 9.59 Å². The number of nitrogens with one attached hydrogen (secondary N) is 1. The Labute approximate surface area is 124 Å². The van der Waals surface area contributed by atoms with Crippen molar-refractivity contribution in [3.8, 4) is 5.75 Å². The van der Waals surface area contributed by atoms with Gasteiger partial charge in [-0.2, -0.15) is 0 Å². The Hall–Kier alpha value is -2.24. The van der Waals surface area contributed by atoms with Crippen molar-refractivity contribution in [2.75, 3.05) is 12.3 Å². The standard InChI is InChI=1S/C15H22N2O4/c1-10(2)14(15(19)20)17-13(18)8-5-9-21-12-7-4-3-6-11(12)16/h3-4,6-7,10,14H,5,8-9,16H2,1-2H3,(H,17,18)(H,19,20). The molecule has 1 rings (SSSR count). The van der Waals surface area contributed by atoms with Crippen molar-refractivity contribution >= 4 is 17.6 Å². The molecule has 21 heavy (non-hydrogen) atoms. The van der Waals surface area contributed by atoms with Crippen LogP contribution in [-0.4, -0.2) is 29.6 Å². The van der Waals surface area contributed by atoms with E-state index < -0.39 is 12.0 Å². The molecule has 6 heteroatoms. The second kappa shape index (κ2) is 8.14. The maximum absolute atomic E-state index is 11.7. The molecule has 4 N–H and O–H groups in total. The summed E-state index contributed by atoms with van der Waals surface area (Å²) in [6, 6.07) is 6.27.